The molecule has 1 fully saturated rings. The average Bonchev–Trinajstić information content (AvgIpc) is 2.56. The summed E-state index contributed by atoms with van der Waals surface area (Å²) in [6.07, 6.45) is 8.08. The molecule has 0 saturated heterocycles. The van der Waals surface area contributed by atoms with Crippen molar-refractivity contribution in [2.24, 2.45) is 11.3 Å². The van der Waals surface area contributed by atoms with Crippen LogP contribution in [0.1, 0.15) is 69.9 Å². The first-order chi connectivity index (χ1) is 8.48. The molecule has 2 unspecified atom stereocenters. The first-order valence-electron chi connectivity index (χ1n) is 7.35. The van der Waals surface area contributed by atoms with E-state index in [1.807, 2.05) is 0 Å². The molecular formula is C16H25NO. The molecule has 2 atom stereocenters. The third-order valence-electron chi connectivity index (χ3n) is 5.08. The predicted octanol–water partition coefficient (Wildman–Crippen LogP) is 3.86. The van der Waals surface area contributed by atoms with E-state index in [4.69, 9.17) is 0 Å². The number of aliphatic hydroxyl groups is 1. The van der Waals surface area contributed by atoms with Gasteiger partial charge in [-0.3, -0.25) is 0 Å². The van der Waals surface area contributed by atoms with Gasteiger partial charge in [0.15, 0.2) is 0 Å². The van der Waals surface area contributed by atoms with Crippen LogP contribution in [0.5, 0.6) is 0 Å². The third-order valence-corrected chi connectivity index (χ3v) is 5.08. The number of aromatic nitrogens is 1. The molecule has 18 heavy (non-hydrogen) atoms. The normalized spacial score (nSPS) is 28.6. The summed E-state index contributed by atoms with van der Waals surface area (Å²) in [5.41, 5.74) is 2.79. The Bertz CT molecular complexity index is 442. The number of hydrogen-bond acceptors (Lipinski definition) is 1. The second-order valence-electron chi connectivity index (χ2n) is 7.12. The Morgan fingerprint density at radius 3 is 2.72 bits per heavy atom. The van der Waals surface area contributed by atoms with Crippen LogP contribution in [0.25, 0.3) is 0 Å². The number of aliphatic hydroxyl groups excluding tert-OH is 1. The fraction of sp³-hybridized carbons (Fsp3) is 0.750. The lowest BCUT2D eigenvalue weighted by molar-refractivity contribution is 0.0960. The van der Waals surface area contributed by atoms with Crippen molar-refractivity contribution in [2.45, 2.75) is 65.0 Å². The Kier molecular flexibility index (Phi) is 2.81. The zero-order chi connectivity index (χ0) is 12.9. The quantitative estimate of drug-likeness (QED) is 0.843. The van der Waals surface area contributed by atoms with Crippen molar-refractivity contribution in [1.29, 1.82) is 0 Å². The fourth-order valence-electron chi connectivity index (χ4n) is 3.68. The van der Waals surface area contributed by atoms with Gasteiger partial charge in [-0.25, -0.2) is 0 Å². The van der Waals surface area contributed by atoms with E-state index < -0.39 is 0 Å². The van der Waals surface area contributed by atoms with Gasteiger partial charge in [0.25, 0.3) is 0 Å². The van der Waals surface area contributed by atoms with Crippen molar-refractivity contribution in [3.05, 3.63) is 23.5 Å². The smallest absolute Gasteiger partial charge is 0.0812 e. The molecule has 1 saturated carbocycles. The molecule has 2 nitrogen and oxygen atoms in total. The molecule has 0 spiro atoms. The molecule has 100 valence electrons. The SMILES string of the molecule is CC(C1CCC1)n1ccc2c1CC(C)(C)CC2O. The largest absolute Gasteiger partial charge is 0.388 e. The van der Waals surface area contributed by atoms with E-state index in [0.29, 0.717) is 6.04 Å². The highest BCUT2D eigenvalue weighted by Crippen LogP contribution is 2.44. The van der Waals surface area contributed by atoms with Gasteiger partial charge in [0, 0.05) is 23.5 Å². The molecule has 1 heterocycles. The first kappa shape index (κ1) is 12.3. The van der Waals surface area contributed by atoms with Crippen LogP contribution in [-0.4, -0.2) is 9.67 Å². The summed E-state index contributed by atoms with van der Waals surface area (Å²) in [6.45, 7) is 6.88. The average molecular weight is 247 g/mol. The Balaban J connectivity index is 1.93. The predicted molar refractivity (Wildman–Crippen MR) is 73.5 cm³/mol. The zero-order valence-corrected chi connectivity index (χ0v) is 11.8. The lowest BCUT2D eigenvalue weighted by Crippen LogP contribution is -2.29. The summed E-state index contributed by atoms with van der Waals surface area (Å²) >= 11 is 0. The van der Waals surface area contributed by atoms with Crippen molar-refractivity contribution in [2.75, 3.05) is 0 Å². The van der Waals surface area contributed by atoms with Gasteiger partial charge in [0.2, 0.25) is 0 Å². The summed E-state index contributed by atoms with van der Waals surface area (Å²) in [5, 5.41) is 10.3. The van der Waals surface area contributed by atoms with Crippen LogP contribution in [0.2, 0.25) is 0 Å². The van der Waals surface area contributed by atoms with Crippen molar-refractivity contribution < 1.29 is 5.11 Å². The minimum Gasteiger partial charge on any atom is -0.388 e. The summed E-state index contributed by atoms with van der Waals surface area (Å²) < 4.78 is 2.45. The van der Waals surface area contributed by atoms with Gasteiger partial charge in [-0.05, 0) is 50.0 Å². The molecule has 0 aromatic carbocycles. The highest BCUT2D eigenvalue weighted by molar-refractivity contribution is 5.29. The Labute approximate surface area is 110 Å². The maximum absolute atomic E-state index is 10.3. The summed E-state index contributed by atoms with van der Waals surface area (Å²) in [5.74, 6) is 0.851. The molecule has 0 radical (unpaired) electrons. The minimum atomic E-state index is -0.265. The molecule has 1 aromatic rings. The van der Waals surface area contributed by atoms with Gasteiger partial charge in [-0.2, -0.15) is 0 Å². The van der Waals surface area contributed by atoms with Crippen LogP contribution >= 0.6 is 0 Å². The highest BCUT2D eigenvalue weighted by atomic mass is 16.3. The molecule has 0 amide bonds. The van der Waals surface area contributed by atoms with Crippen molar-refractivity contribution in [3.8, 4) is 0 Å². The molecule has 3 rings (SSSR count). The van der Waals surface area contributed by atoms with Crippen LogP contribution in [0.15, 0.2) is 12.3 Å². The second-order valence-corrected chi connectivity index (χ2v) is 7.12. The maximum Gasteiger partial charge on any atom is 0.0812 e. The second kappa shape index (κ2) is 4.12. The van der Waals surface area contributed by atoms with Gasteiger partial charge in [0.05, 0.1) is 6.10 Å². The summed E-state index contributed by atoms with van der Waals surface area (Å²) in [6, 6.07) is 2.74. The van der Waals surface area contributed by atoms with E-state index >= 15 is 0 Å². The third kappa shape index (κ3) is 1.91. The van der Waals surface area contributed by atoms with Gasteiger partial charge in [0.1, 0.15) is 0 Å². The van der Waals surface area contributed by atoms with Crippen LogP contribution in [0.4, 0.5) is 0 Å². The van der Waals surface area contributed by atoms with Crippen LogP contribution in [-0.2, 0) is 6.42 Å². The van der Waals surface area contributed by atoms with Crippen LogP contribution < -0.4 is 0 Å². The molecule has 0 aliphatic heterocycles. The molecule has 2 heteroatoms. The van der Waals surface area contributed by atoms with Gasteiger partial charge >= 0.3 is 0 Å². The molecule has 2 aliphatic carbocycles. The number of rotatable bonds is 2. The zero-order valence-electron chi connectivity index (χ0n) is 11.8. The van der Waals surface area contributed by atoms with E-state index in [-0.39, 0.29) is 11.5 Å². The van der Waals surface area contributed by atoms with Crippen LogP contribution in [0.3, 0.4) is 0 Å². The maximum atomic E-state index is 10.3. The summed E-state index contributed by atoms with van der Waals surface area (Å²) in [7, 11) is 0. The number of fused-ring (bicyclic) bond motifs is 1. The monoisotopic (exact) mass is 247 g/mol. The van der Waals surface area contributed by atoms with E-state index in [1.54, 1.807) is 0 Å². The highest BCUT2D eigenvalue weighted by Gasteiger charge is 2.35. The van der Waals surface area contributed by atoms with Crippen molar-refractivity contribution in [3.63, 3.8) is 0 Å². The van der Waals surface area contributed by atoms with E-state index in [1.165, 1.54) is 30.5 Å². The molecule has 2 aliphatic rings. The first-order valence-corrected chi connectivity index (χ1v) is 7.35. The van der Waals surface area contributed by atoms with E-state index in [2.05, 4.69) is 37.6 Å². The Hall–Kier alpha value is -0.760. The Morgan fingerprint density at radius 1 is 1.39 bits per heavy atom. The Morgan fingerprint density at radius 2 is 2.11 bits per heavy atom. The van der Waals surface area contributed by atoms with E-state index in [0.717, 1.165) is 18.8 Å². The van der Waals surface area contributed by atoms with E-state index in [9.17, 15) is 5.11 Å². The van der Waals surface area contributed by atoms with Gasteiger partial charge in [-0.15, -0.1) is 0 Å². The van der Waals surface area contributed by atoms with Gasteiger partial charge in [-0.1, -0.05) is 20.3 Å². The molecular weight excluding hydrogens is 222 g/mol. The van der Waals surface area contributed by atoms with Crippen LogP contribution in [0, 0.1) is 11.3 Å². The standard InChI is InChI=1S/C16H25NO/c1-11(12-5-4-6-12)17-8-7-13-14(17)9-16(2,3)10-15(13)18/h7-8,11-12,15,18H,4-6,9-10H2,1-3H3. The lowest BCUT2D eigenvalue weighted by Gasteiger charge is -2.38. The lowest BCUT2D eigenvalue weighted by atomic mass is 9.75. The molecule has 1 N–H and O–H groups in total. The molecule has 0 bridgehead atoms. The number of hydrogen-bond donors (Lipinski definition) is 1. The topological polar surface area (TPSA) is 25.2 Å². The minimum absolute atomic E-state index is 0.224. The summed E-state index contributed by atoms with van der Waals surface area (Å²) in [4.78, 5) is 0. The van der Waals surface area contributed by atoms with Crippen molar-refractivity contribution >= 4 is 0 Å². The fourth-order valence-corrected chi connectivity index (χ4v) is 3.68. The molecule has 1 aromatic heterocycles. The van der Waals surface area contributed by atoms with Gasteiger partial charge < -0.3 is 9.67 Å². The van der Waals surface area contributed by atoms with Crippen molar-refractivity contribution in [1.82, 2.24) is 4.57 Å². The number of nitrogens with zero attached hydrogens (tertiary/aromatic N) is 1.